The van der Waals surface area contributed by atoms with Gasteiger partial charge in [-0.15, -0.1) is 0 Å². The first kappa shape index (κ1) is 21.4. The van der Waals surface area contributed by atoms with E-state index in [0.717, 1.165) is 6.20 Å². The number of nitrogens with one attached hydrogen (secondary N) is 2. The van der Waals surface area contributed by atoms with Gasteiger partial charge < -0.3 is 10.2 Å². The molecule has 1 aliphatic carbocycles. The minimum Gasteiger partial charge on any atom is -0.393 e. The molecule has 2 aromatic rings. The first-order chi connectivity index (χ1) is 14.8. The van der Waals surface area contributed by atoms with Gasteiger partial charge in [-0.05, 0) is 31.4 Å². The monoisotopic (exact) mass is 466 g/mol. The van der Waals surface area contributed by atoms with Gasteiger partial charge in [-0.25, -0.2) is 13.4 Å². The third-order valence-corrected chi connectivity index (χ3v) is 7.83. The van der Waals surface area contributed by atoms with Gasteiger partial charge in [0.15, 0.2) is 25.8 Å². The highest BCUT2D eigenvalue weighted by Crippen LogP contribution is 2.33. The molecule has 0 radical (unpaired) electrons. The predicted molar refractivity (Wildman–Crippen MR) is 111 cm³/mol. The number of aromatic nitrogens is 1. The van der Waals surface area contributed by atoms with E-state index in [9.17, 15) is 22.4 Å². The molecule has 2 amide bonds. The number of benzene rings is 1. The van der Waals surface area contributed by atoms with E-state index in [2.05, 4.69) is 20.8 Å². The number of hydrogen-bond acceptors (Lipinski definition) is 8. The van der Waals surface area contributed by atoms with E-state index in [1.54, 1.807) is 0 Å². The molecule has 1 aromatic carbocycles. The molecule has 12 heteroatoms. The summed E-state index contributed by atoms with van der Waals surface area (Å²) >= 11 is 0.657. The van der Waals surface area contributed by atoms with Crippen LogP contribution < -0.4 is 10.6 Å². The smallest absolute Gasteiger partial charge is 0.280 e. The van der Waals surface area contributed by atoms with Crippen molar-refractivity contribution in [2.75, 3.05) is 11.9 Å². The van der Waals surface area contributed by atoms with E-state index in [1.165, 1.54) is 24.3 Å². The Kier molecular flexibility index (Phi) is 6.01. The molecule has 1 aromatic heterocycles. The zero-order chi connectivity index (χ0) is 22.0. The average Bonchev–Trinajstić information content (AvgIpc) is 3.42. The van der Waals surface area contributed by atoms with Crippen molar-refractivity contribution in [3.8, 4) is 0 Å². The molecule has 1 saturated heterocycles. The standard InChI is InChI=1S/C19H19FN4O5S2/c20-15-9-21-19(30-15)23-18(26)17(24-29-10-12-3-8-16(25)22-12)11-1-4-13(5-2-11)31(27,28)14-6-7-14/h1-2,4-5,9,12,14H,3,6-8,10H2,(H,22,25)(H,21,23,26)/b24-17+/t12-/m1/s1. The van der Waals surface area contributed by atoms with Gasteiger partial charge in [0.2, 0.25) is 5.91 Å². The molecule has 1 saturated carbocycles. The van der Waals surface area contributed by atoms with Crippen molar-refractivity contribution < 1.29 is 27.2 Å². The number of anilines is 1. The fraction of sp³-hybridized carbons (Fsp3) is 0.368. The number of hydrogen-bond donors (Lipinski definition) is 2. The van der Waals surface area contributed by atoms with Crippen LogP contribution in [-0.2, 0) is 24.3 Å². The Balaban J connectivity index is 1.54. The summed E-state index contributed by atoms with van der Waals surface area (Å²) in [6.45, 7) is 0.0720. The summed E-state index contributed by atoms with van der Waals surface area (Å²) in [4.78, 5) is 33.3. The summed E-state index contributed by atoms with van der Waals surface area (Å²) < 4.78 is 38.0. The van der Waals surface area contributed by atoms with Crippen LogP contribution in [0.5, 0.6) is 0 Å². The number of carbonyl (C=O) groups excluding carboxylic acids is 2. The van der Waals surface area contributed by atoms with Gasteiger partial charge in [-0.3, -0.25) is 14.9 Å². The zero-order valence-electron chi connectivity index (χ0n) is 16.2. The molecule has 2 aliphatic rings. The first-order valence-corrected chi connectivity index (χ1v) is 12.0. The fourth-order valence-electron chi connectivity index (χ4n) is 3.06. The molecule has 0 spiro atoms. The highest BCUT2D eigenvalue weighted by atomic mass is 32.2. The van der Waals surface area contributed by atoms with Gasteiger partial charge in [-0.2, -0.15) is 4.39 Å². The first-order valence-electron chi connectivity index (χ1n) is 9.59. The second-order valence-corrected chi connectivity index (χ2v) is 10.4. The van der Waals surface area contributed by atoms with Crippen LogP contribution >= 0.6 is 11.3 Å². The number of sulfone groups is 1. The second-order valence-electron chi connectivity index (χ2n) is 7.23. The number of halogens is 1. The summed E-state index contributed by atoms with van der Waals surface area (Å²) in [7, 11) is -3.37. The Morgan fingerprint density at radius 2 is 2.03 bits per heavy atom. The van der Waals surface area contributed by atoms with Gasteiger partial charge in [0, 0.05) is 12.0 Å². The van der Waals surface area contributed by atoms with Crippen molar-refractivity contribution in [1.82, 2.24) is 10.3 Å². The van der Waals surface area contributed by atoms with Crippen molar-refractivity contribution in [2.45, 2.75) is 41.9 Å². The van der Waals surface area contributed by atoms with Gasteiger partial charge in [0.1, 0.15) is 6.61 Å². The molecular weight excluding hydrogens is 447 g/mol. The van der Waals surface area contributed by atoms with Gasteiger partial charge in [-0.1, -0.05) is 28.6 Å². The predicted octanol–water partition coefficient (Wildman–Crippen LogP) is 1.86. The van der Waals surface area contributed by atoms with Crippen LogP contribution in [0.2, 0.25) is 0 Å². The van der Waals surface area contributed by atoms with Crippen LogP contribution in [0, 0.1) is 5.13 Å². The van der Waals surface area contributed by atoms with Crippen LogP contribution in [0.25, 0.3) is 0 Å². The van der Waals surface area contributed by atoms with Crippen molar-refractivity contribution in [1.29, 1.82) is 0 Å². The fourth-order valence-corrected chi connectivity index (χ4v) is 5.26. The zero-order valence-corrected chi connectivity index (χ0v) is 17.8. The van der Waals surface area contributed by atoms with Gasteiger partial charge >= 0.3 is 0 Å². The minimum atomic E-state index is -3.37. The summed E-state index contributed by atoms with van der Waals surface area (Å²) in [5, 5.41) is 8.23. The lowest BCUT2D eigenvalue weighted by atomic mass is 10.1. The Bertz CT molecular complexity index is 1130. The molecule has 2 fully saturated rings. The van der Waals surface area contributed by atoms with E-state index in [-0.39, 0.29) is 39.5 Å². The van der Waals surface area contributed by atoms with E-state index in [4.69, 9.17) is 4.84 Å². The number of oxime groups is 1. The molecular formula is C19H19FN4O5S2. The van der Waals surface area contributed by atoms with Crippen molar-refractivity contribution >= 4 is 43.8 Å². The second kappa shape index (κ2) is 8.71. The SMILES string of the molecule is O=C1CC[C@H](CO/N=C(/C(=O)Nc2ncc(F)s2)c2ccc(S(=O)(=O)C3CC3)cc2)N1. The van der Waals surface area contributed by atoms with Gasteiger partial charge in [0.25, 0.3) is 5.91 Å². The molecule has 0 bridgehead atoms. The topological polar surface area (TPSA) is 127 Å². The van der Waals surface area contributed by atoms with Gasteiger partial charge in [0.05, 0.1) is 22.4 Å². The van der Waals surface area contributed by atoms with Crippen LogP contribution in [0.3, 0.4) is 0 Å². The highest BCUT2D eigenvalue weighted by molar-refractivity contribution is 7.92. The largest absolute Gasteiger partial charge is 0.393 e. The maximum Gasteiger partial charge on any atom is 0.280 e. The Labute approximate surface area is 181 Å². The van der Waals surface area contributed by atoms with Crippen molar-refractivity contribution in [3.63, 3.8) is 0 Å². The van der Waals surface area contributed by atoms with E-state index in [0.29, 0.717) is 42.6 Å². The summed E-state index contributed by atoms with van der Waals surface area (Å²) in [6, 6.07) is 5.57. The summed E-state index contributed by atoms with van der Waals surface area (Å²) in [6.07, 6.45) is 3.28. The number of nitrogens with zero attached hydrogens (tertiary/aromatic N) is 2. The summed E-state index contributed by atoms with van der Waals surface area (Å²) in [5.74, 6) is -0.767. The quantitative estimate of drug-likeness (QED) is 0.452. The number of thiazole rings is 1. The van der Waals surface area contributed by atoms with Crippen LogP contribution in [0.4, 0.5) is 9.52 Å². The molecule has 9 nitrogen and oxygen atoms in total. The summed E-state index contributed by atoms with van der Waals surface area (Å²) in [5.41, 5.74) is 0.190. The lowest BCUT2D eigenvalue weighted by Gasteiger charge is -2.10. The number of amides is 2. The van der Waals surface area contributed by atoms with Crippen LogP contribution in [0.1, 0.15) is 31.2 Å². The van der Waals surface area contributed by atoms with Crippen LogP contribution in [-0.4, -0.2) is 48.8 Å². The third kappa shape index (κ3) is 5.07. The maximum atomic E-state index is 13.2. The minimum absolute atomic E-state index is 0.0474. The lowest BCUT2D eigenvalue weighted by molar-refractivity contribution is -0.119. The molecule has 1 atom stereocenters. The Morgan fingerprint density at radius 3 is 2.61 bits per heavy atom. The Hall–Kier alpha value is -2.86. The van der Waals surface area contributed by atoms with Crippen molar-refractivity contribution in [3.05, 3.63) is 41.2 Å². The molecule has 0 unspecified atom stereocenters. The van der Waals surface area contributed by atoms with Crippen molar-refractivity contribution in [2.24, 2.45) is 5.16 Å². The highest BCUT2D eigenvalue weighted by Gasteiger charge is 2.36. The average molecular weight is 467 g/mol. The van der Waals surface area contributed by atoms with E-state index >= 15 is 0 Å². The number of carbonyl (C=O) groups is 2. The molecule has 2 N–H and O–H groups in total. The molecule has 1 aliphatic heterocycles. The van der Waals surface area contributed by atoms with E-state index < -0.39 is 20.9 Å². The molecule has 4 rings (SSSR count). The molecule has 31 heavy (non-hydrogen) atoms. The maximum absolute atomic E-state index is 13.2. The van der Waals surface area contributed by atoms with Crippen LogP contribution in [0.15, 0.2) is 40.5 Å². The van der Waals surface area contributed by atoms with E-state index in [1.807, 2.05) is 0 Å². The number of rotatable bonds is 8. The Morgan fingerprint density at radius 1 is 1.29 bits per heavy atom. The normalized spacial score (nSPS) is 19.2. The molecule has 2 heterocycles. The molecule has 164 valence electrons. The lowest BCUT2D eigenvalue weighted by Crippen LogP contribution is -2.30. The third-order valence-electron chi connectivity index (χ3n) is 4.85.